The Morgan fingerprint density at radius 1 is 1.21 bits per heavy atom. The van der Waals surface area contributed by atoms with E-state index in [0.29, 0.717) is 12.3 Å². The van der Waals surface area contributed by atoms with Crippen molar-refractivity contribution in [2.45, 2.75) is 13.8 Å². The number of hydrogen-bond donors (Lipinski definition) is 0. The molecule has 4 heteroatoms. The molecular weight excluding hydrogens is 245 g/mol. The molecule has 0 N–H and O–H groups in total. The van der Waals surface area contributed by atoms with Crippen molar-refractivity contribution in [1.82, 2.24) is 4.98 Å². The fourth-order valence-corrected chi connectivity index (χ4v) is 1.79. The van der Waals surface area contributed by atoms with E-state index in [2.05, 4.69) is 4.98 Å². The maximum atomic E-state index is 12.9. The molecule has 0 unspecified atom stereocenters. The van der Waals surface area contributed by atoms with Gasteiger partial charge in [0.2, 0.25) is 0 Å². The summed E-state index contributed by atoms with van der Waals surface area (Å²) in [7, 11) is 0. The largest absolute Gasteiger partial charge is 0.461 e. The zero-order chi connectivity index (χ0) is 13.8. The van der Waals surface area contributed by atoms with Crippen LogP contribution >= 0.6 is 0 Å². The van der Waals surface area contributed by atoms with E-state index in [1.807, 2.05) is 6.07 Å². The molecule has 0 amide bonds. The Labute approximate surface area is 111 Å². The van der Waals surface area contributed by atoms with E-state index in [-0.39, 0.29) is 11.5 Å². The predicted octanol–water partition coefficient (Wildman–Crippen LogP) is 3.37. The van der Waals surface area contributed by atoms with Crippen molar-refractivity contribution in [2.24, 2.45) is 0 Å². The molecule has 0 saturated heterocycles. The summed E-state index contributed by atoms with van der Waals surface area (Å²) in [5, 5.41) is 0. The van der Waals surface area contributed by atoms with Gasteiger partial charge < -0.3 is 4.74 Å². The third-order valence-electron chi connectivity index (χ3n) is 2.62. The molecule has 0 aliphatic carbocycles. The smallest absolute Gasteiger partial charge is 0.356 e. The summed E-state index contributed by atoms with van der Waals surface area (Å²) < 4.78 is 17.8. The summed E-state index contributed by atoms with van der Waals surface area (Å²) in [6.07, 6.45) is 0. The third kappa shape index (κ3) is 3.16. The van der Waals surface area contributed by atoms with Crippen LogP contribution in [0.25, 0.3) is 11.1 Å². The number of aromatic nitrogens is 1. The summed E-state index contributed by atoms with van der Waals surface area (Å²) in [4.78, 5) is 15.8. The van der Waals surface area contributed by atoms with Gasteiger partial charge in [-0.15, -0.1) is 0 Å². The van der Waals surface area contributed by atoms with E-state index in [0.717, 1.165) is 11.1 Å². The molecule has 1 aromatic heterocycles. The Kier molecular flexibility index (Phi) is 3.90. The van der Waals surface area contributed by atoms with Gasteiger partial charge in [0.1, 0.15) is 11.5 Å². The van der Waals surface area contributed by atoms with Gasteiger partial charge in [-0.25, -0.2) is 14.2 Å². The minimum atomic E-state index is -0.449. The maximum absolute atomic E-state index is 12.9. The molecule has 0 bridgehead atoms. The molecule has 1 aromatic carbocycles. The van der Waals surface area contributed by atoms with E-state index in [4.69, 9.17) is 4.74 Å². The van der Waals surface area contributed by atoms with Crippen molar-refractivity contribution in [1.29, 1.82) is 0 Å². The van der Waals surface area contributed by atoms with Crippen LogP contribution in [0.3, 0.4) is 0 Å². The van der Waals surface area contributed by atoms with E-state index in [1.165, 1.54) is 12.1 Å². The monoisotopic (exact) mass is 259 g/mol. The highest BCUT2D eigenvalue weighted by Crippen LogP contribution is 2.21. The minimum Gasteiger partial charge on any atom is -0.461 e. The number of benzene rings is 1. The molecule has 3 nitrogen and oxygen atoms in total. The number of pyridine rings is 1. The summed E-state index contributed by atoms with van der Waals surface area (Å²) in [5.74, 6) is -0.741. The van der Waals surface area contributed by atoms with E-state index < -0.39 is 5.97 Å². The van der Waals surface area contributed by atoms with Crippen molar-refractivity contribution in [3.63, 3.8) is 0 Å². The summed E-state index contributed by atoms with van der Waals surface area (Å²) in [5.41, 5.74) is 2.62. The summed E-state index contributed by atoms with van der Waals surface area (Å²) >= 11 is 0. The number of ether oxygens (including phenoxy) is 1. The Morgan fingerprint density at radius 3 is 2.53 bits per heavy atom. The van der Waals surface area contributed by atoms with Crippen LogP contribution in [0.1, 0.15) is 23.1 Å². The van der Waals surface area contributed by atoms with Crippen molar-refractivity contribution in [2.75, 3.05) is 6.61 Å². The van der Waals surface area contributed by atoms with Crippen molar-refractivity contribution < 1.29 is 13.9 Å². The highest BCUT2D eigenvalue weighted by atomic mass is 19.1. The van der Waals surface area contributed by atoms with Gasteiger partial charge in [-0.1, -0.05) is 12.1 Å². The third-order valence-corrected chi connectivity index (χ3v) is 2.62. The molecule has 0 spiro atoms. The zero-order valence-corrected chi connectivity index (χ0v) is 10.8. The van der Waals surface area contributed by atoms with Gasteiger partial charge in [0.05, 0.1) is 6.61 Å². The maximum Gasteiger partial charge on any atom is 0.356 e. The number of aryl methyl sites for hydroxylation is 1. The molecule has 19 heavy (non-hydrogen) atoms. The number of esters is 1. The van der Waals surface area contributed by atoms with Gasteiger partial charge >= 0.3 is 5.97 Å². The van der Waals surface area contributed by atoms with Crippen LogP contribution in [0.15, 0.2) is 36.4 Å². The number of halogens is 1. The topological polar surface area (TPSA) is 39.2 Å². The first kappa shape index (κ1) is 13.2. The quantitative estimate of drug-likeness (QED) is 0.793. The minimum absolute atomic E-state index is 0.265. The van der Waals surface area contributed by atoms with Gasteiger partial charge in [0, 0.05) is 5.69 Å². The van der Waals surface area contributed by atoms with Crippen LogP contribution in [-0.4, -0.2) is 17.6 Å². The summed E-state index contributed by atoms with van der Waals surface area (Å²) in [6, 6.07) is 9.59. The van der Waals surface area contributed by atoms with E-state index in [9.17, 15) is 9.18 Å². The van der Waals surface area contributed by atoms with E-state index >= 15 is 0 Å². The van der Waals surface area contributed by atoms with Gasteiger partial charge in [0.15, 0.2) is 0 Å². The number of nitrogens with zero attached hydrogens (tertiary/aromatic N) is 1. The molecule has 2 aromatic rings. The molecular formula is C15H14FNO2. The second-order valence-corrected chi connectivity index (χ2v) is 4.11. The number of carbonyl (C=O) groups is 1. The van der Waals surface area contributed by atoms with Gasteiger partial charge in [0.25, 0.3) is 0 Å². The molecule has 0 atom stereocenters. The molecule has 98 valence electrons. The molecule has 0 saturated carbocycles. The lowest BCUT2D eigenvalue weighted by Crippen LogP contribution is -2.08. The molecule has 1 heterocycles. The number of rotatable bonds is 3. The van der Waals surface area contributed by atoms with Crippen LogP contribution in [-0.2, 0) is 4.74 Å². The van der Waals surface area contributed by atoms with Crippen LogP contribution in [0.4, 0.5) is 4.39 Å². The molecule has 0 radical (unpaired) electrons. The first-order valence-corrected chi connectivity index (χ1v) is 6.02. The Hall–Kier alpha value is -2.23. The predicted molar refractivity (Wildman–Crippen MR) is 70.3 cm³/mol. The first-order valence-electron chi connectivity index (χ1n) is 6.02. The van der Waals surface area contributed by atoms with Gasteiger partial charge in [-0.3, -0.25) is 0 Å². The fraction of sp³-hybridized carbons (Fsp3) is 0.200. The number of hydrogen-bond acceptors (Lipinski definition) is 3. The number of carbonyl (C=O) groups excluding carboxylic acids is 1. The average molecular weight is 259 g/mol. The lowest BCUT2D eigenvalue weighted by atomic mass is 10.0. The Morgan fingerprint density at radius 2 is 1.89 bits per heavy atom. The molecule has 0 fully saturated rings. The van der Waals surface area contributed by atoms with Crippen LogP contribution in [0, 0.1) is 12.7 Å². The van der Waals surface area contributed by atoms with Crippen LogP contribution < -0.4 is 0 Å². The first-order chi connectivity index (χ1) is 9.10. The van der Waals surface area contributed by atoms with Crippen molar-refractivity contribution in [3.05, 3.63) is 53.6 Å². The lowest BCUT2D eigenvalue weighted by molar-refractivity contribution is 0.0519. The van der Waals surface area contributed by atoms with Gasteiger partial charge in [-0.05, 0) is 49.2 Å². The highest BCUT2D eigenvalue weighted by Gasteiger charge is 2.11. The van der Waals surface area contributed by atoms with E-state index in [1.54, 1.807) is 32.0 Å². The Bertz CT molecular complexity index is 594. The van der Waals surface area contributed by atoms with Crippen LogP contribution in [0.5, 0.6) is 0 Å². The Balaban J connectivity index is 2.41. The fourth-order valence-electron chi connectivity index (χ4n) is 1.79. The summed E-state index contributed by atoms with van der Waals surface area (Å²) in [6.45, 7) is 3.85. The average Bonchev–Trinajstić information content (AvgIpc) is 2.39. The lowest BCUT2D eigenvalue weighted by Gasteiger charge is -2.07. The van der Waals surface area contributed by atoms with Crippen LogP contribution in [0.2, 0.25) is 0 Å². The second-order valence-electron chi connectivity index (χ2n) is 4.11. The second kappa shape index (κ2) is 5.61. The molecule has 2 rings (SSSR count). The van der Waals surface area contributed by atoms with Crippen molar-refractivity contribution >= 4 is 5.97 Å². The normalized spacial score (nSPS) is 10.3. The van der Waals surface area contributed by atoms with Gasteiger partial charge in [-0.2, -0.15) is 0 Å². The van der Waals surface area contributed by atoms with Crippen molar-refractivity contribution in [3.8, 4) is 11.1 Å². The molecule has 0 aliphatic rings. The zero-order valence-electron chi connectivity index (χ0n) is 10.8. The standard InChI is InChI=1S/C15H14FNO2/c1-3-19-15(18)14-9-12(8-10(2)17-14)11-4-6-13(16)7-5-11/h4-9H,3H2,1-2H3. The SMILES string of the molecule is CCOC(=O)c1cc(-c2ccc(F)cc2)cc(C)n1. The molecule has 0 aliphatic heterocycles. The highest BCUT2D eigenvalue weighted by molar-refractivity contribution is 5.89.